The third-order valence-corrected chi connectivity index (χ3v) is 8.39. The van der Waals surface area contributed by atoms with Gasteiger partial charge >= 0.3 is 0 Å². The molecule has 1 atom stereocenters. The minimum atomic E-state index is -0.688. The number of aryl methyl sites for hydroxylation is 2. The zero-order valence-electron chi connectivity index (χ0n) is 21.3. The maximum absolute atomic E-state index is 7.26. The summed E-state index contributed by atoms with van der Waals surface area (Å²) in [4.78, 5) is 2.53. The van der Waals surface area contributed by atoms with Crippen molar-refractivity contribution in [3.63, 3.8) is 0 Å². The molecule has 2 aliphatic heterocycles. The van der Waals surface area contributed by atoms with Crippen LogP contribution in [0.15, 0.2) is 84.9 Å². The average molecular weight is 470 g/mol. The number of ether oxygens (including phenoxy) is 1. The molecule has 0 amide bonds. The van der Waals surface area contributed by atoms with Gasteiger partial charge in [0.1, 0.15) is 5.75 Å². The maximum atomic E-state index is 7.26. The highest BCUT2D eigenvalue weighted by Crippen LogP contribution is 2.61. The van der Waals surface area contributed by atoms with E-state index in [4.69, 9.17) is 4.74 Å². The lowest BCUT2D eigenvalue weighted by atomic mass is 9.74. The number of hydrogen-bond acceptors (Lipinski definition) is 2. The van der Waals surface area contributed by atoms with Crippen LogP contribution in [0.1, 0.15) is 53.1 Å². The number of para-hydroxylation sites is 1. The Hall–Kier alpha value is -3.78. The van der Waals surface area contributed by atoms with Crippen LogP contribution >= 0.6 is 0 Å². The zero-order chi connectivity index (χ0) is 24.4. The van der Waals surface area contributed by atoms with Gasteiger partial charge < -0.3 is 9.64 Å². The molecular weight excluding hydrogens is 438 g/mol. The van der Waals surface area contributed by atoms with Gasteiger partial charge in [-0.05, 0) is 79.6 Å². The quantitative estimate of drug-likeness (QED) is 0.294. The molecule has 0 N–H and O–H groups in total. The van der Waals surface area contributed by atoms with Crippen molar-refractivity contribution in [1.29, 1.82) is 0 Å². The lowest BCUT2D eigenvalue weighted by Crippen LogP contribution is -2.37. The Balaban J connectivity index is 1.58. The van der Waals surface area contributed by atoms with Crippen molar-refractivity contribution in [2.24, 2.45) is 0 Å². The summed E-state index contributed by atoms with van der Waals surface area (Å²) in [5.41, 5.74) is 13.3. The highest BCUT2D eigenvalue weighted by molar-refractivity contribution is 6.04. The second-order valence-electron chi connectivity index (χ2n) is 10.6. The van der Waals surface area contributed by atoms with Gasteiger partial charge in [-0.15, -0.1) is 0 Å². The van der Waals surface area contributed by atoms with Gasteiger partial charge in [0, 0.05) is 41.0 Å². The molecule has 1 unspecified atom stereocenters. The summed E-state index contributed by atoms with van der Waals surface area (Å²) >= 11 is 0. The Morgan fingerprint density at radius 2 is 1.33 bits per heavy atom. The van der Waals surface area contributed by atoms with Crippen LogP contribution in [-0.2, 0) is 5.60 Å². The molecule has 0 saturated carbocycles. The van der Waals surface area contributed by atoms with Gasteiger partial charge in [0.15, 0.2) is 5.60 Å². The summed E-state index contributed by atoms with van der Waals surface area (Å²) in [6.07, 6.45) is 2.55. The molecular formula is C34H31NO. The molecule has 2 heteroatoms. The van der Waals surface area contributed by atoms with Crippen molar-refractivity contribution in [3.05, 3.63) is 118 Å². The van der Waals surface area contributed by atoms with Gasteiger partial charge in [0.25, 0.3) is 0 Å². The van der Waals surface area contributed by atoms with Crippen LogP contribution in [0.25, 0.3) is 22.3 Å². The van der Waals surface area contributed by atoms with Crippen molar-refractivity contribution >= 4 is 16.8 Å². The fourth-order valence-electron chi connectivity index (χ4n) is 6.67. The summed E-state index contributed by atoms with van der Waals surface area (Å²) in [6, 6.07) is 31.2. The molecule has 1 aliphatic carbocycles. The summed E-state index contributed by atoms with van der Waals surface area (Å²) in [7, 11) is 0. The SMILES string of the molecule is CC1=C(c2ccccc2C)C2(Oc3ccccc31)c1ccc(C)cc1-c1cc(N3CCCC3)ccc12. The Morgan fingerprint density at radius 3 is 2.11 bits per heavy atom. The number of allylic oxidation sites excluding steroid dienone is 1. The van der Waals surface area contributed by atoms with Gasteiger partial charge in [0.05, 0.1) is 0 Å². The fraction of sp³-hybridized carbons (Fsp3) is 0.235. The van der Waals surface area contributed by atoms with Crippen LogP contribution < -0.4 is 9.64 Å². The zero-order valence-corrected chi connectivity index (χ0v) is 21.3. The van der Waals surface area contributed by atoms with Crippen molar-refractivity contribution in [3.8, 4) is 16.9 Å². The van der Waals surface area contributed by atoms with E-state index in [2.05, 4.69) is 111 Å². The Bertz CT molecular complexity index is 1560. The smallest absolute Gasteiger partial charge is 0.186 e. The van der Waals surface area contributed by atoms with Crippen LogP contribution in [0, 0.1) is 13.8 Å². The third-order valence-electron chi connectivity index (χ3n) is 8.39. The first-order valence-electron chi connectivity index (χ1n) is 13.1. The largest absolute Gasteiger partial charge is 0.472 e. The summed E-state index contributed by atoms with van der Waals surface area (Å²) in [6.45, 7) is 8.96. The maximum Gasteiger partial charge on any atom is 0.186 e. The summed E-state index contributed by atoms with van der Waals surface area (Å²) in [5.74, 6) is 0.954. The van der Waals surface area contributed by atoms with Gasteiger partial charge in [0.2, 0.25) is 0 Å². The predicted molar refractivity (Wildman–Crippen MR) is 150 cm³/mol. The van der Waals surface area contributed by atoms with E-state index < -0.39 is 5.60 Å². The van der Waals surface area contributed by atoms with Gasteiger partial charge in [-0.3, -0.25) is 0 Å². The second-order valence-corrected chi connectivity index (χ2v) is 10.6. The average Bonchev–Trinajstić information content (AvgIpc) is 3.52. The summed E-state index contributed by atoms with van der Waals surface area (Å²) in [5, 5.41) is 0. The van der Waals surface area contributed by atoms with E-state index in [1.165, 1.54) is 74.2 Å². The number of fused-ring (bicyclic) bond motifs is 6. The van der Waals surface area contributed by atoms with Crippen LogP contribution in [0.4, 0.5) is 5.69 Å². The first kappa shape index (κ1) is 21.5. The minimum absolute atomic E-state index is 0.688. The molecule has 1 spiro atoms. The first-order valence-corrected chi connectivity index (χ1v) is 13.1. The standard InChI is InChI=1S/C34H31NO/c1-22-14-16-30-28(20-22)29-21-25(35-18-8-9-19-35)15-17-31(29)34(30)33(26-11-5-4-10-23(26)2)24(3)27-12-6-7-13-32(27)36-34/h4-7,10-17,20-21H,8-9,18-19H2,1-3H3. The Morgan fingerprint density at radius 1 is 0.667 bits per heavy atom. The van der Waals surface area contributed by atoms with Gasteiger partial charge in [-0.1, -0.05) is 72.3 Å². The molecule has 2 nitrogen and oxygen atoms in total. The lowest BCUT2D eigenvalue weighted by Gasteiger charge is -2.41. The number of nitrogens with zero attached hydrogens (tertiary/aromatic N) is 1. The molecule has 4 aromatic rings. The van der Waals surface area contributed by atoms with Gasteiger partial charge in [-0.25, -0.2) is 0 Å². The van der Waals surface area contributed by atoms with Gasteiger partial charge in [-0.2, -0.15) is 0 Å². The predicted octanol–water partition coefficient (Wildman–Crippen LogP) is 8.15. The van der Waals surface area contributed by atoms with E-state index in [-0.39, 0.29) is 0 Å². The van der Waals surface area contributed by atoms with Crippen LogP contribution in [0.5, 0.6) is 5.75 Å². The third kappa shape index (κ3) is 2.91. The number of anilines is 1. The van der Waals surface area contributed by atoms with Crippen LogP contribution in [0.2, 0.25) is 0 Å². The normalized spacial score (nSPS) is 19.8. The van der Waals surface area contributed by atoms with E-state index in [1.54, 1.807) is 0 Å². The van der Waals surface area contributed by atoms with E-state index in [1.807, 2.05) is 0 Å². The van der Waals surface area contributed by atoms with Crippen LogP contribution in [-0.4, -0.2) is 13.1 Å². The molecule has 1 saturated heterocycles. The molecule has 178 valence electrons. The van der Waals surface area contributed by atoms with Crippen molar-refractivity contribution in [2.45, 2.75) is 39.2 Å². The second kappa shape index (κ2) is 7.86. The van der Waals surface area contributed by atoms with Crippen molar-refractivity contribution in [2.75, 3.05) is 18.0 Å². The lowest BCUT2D eigenvalue weighted by molar-refractivity contribution is 0.176. The minimum Gasteiger partial charge on any atom is -0.472 e. The summed E-state index contributed by atoms with van der Waals surface area (Å²) < 4.78 is 7.26. The van der Waals surface area contributed by atoms with Crippen molar-refractivity contribution in [1.82, 2.24) is 0 Å². The monoisotopic (exact) mass is 469 g/mol. The number of hydrogen-bond donors (Lipinski definition) is 0. The molecule has 4 aromatic carbocycles. The topological polar surface area (TPSA) is 12.5 Å². The highest BCUT2D eigenvalue weighted by Gasteiger charge is 2.52. The molecule has 0 aromatic heterocycles. The Labute approximate surface area is 213 Å². The molecule has 7 rings (SSSR count). The molecule has 3 aliphatic rings. The molecule has 0 bridgehead atoms. The number of benzene rings is 4. The Kier molecular flexibility index (Phi) is 4.70. The van der Waals surface area contributed by atoms with E-state index in [0.717, 1.165) is 18.8 Å². The van der Waals surface area contributed by atoms with Crippen LogP contribution in [0.3, 0.4) is 0 Å². The van der Waals surface area contributed by atoms with E-state index in [9.17, 15) is 0 Å². The molecule has 0 radical (unpaired) electrons. The highest BCUT2D eigenvalue weighted by atomic mass is 16.5. The molecule has 1 fully saturated rings. The number of rotatable bonds is 2. The first-order chi connectivity index (χ1) is 17.6. The molecule has 36 heavy (non-hydrogen) atoms. The molecule has 2 heterocycles. The van der Waals surface area contributed by atoms with E-state index >= 15 is 0 Å². The fourth-order valence-corrected chi connectivity index (χ4v) is 6.67. The van der Waals surface area contributed by atoms with Crippen molar-refractivity contribution < 1.29 is 4.74 Å². The van der Waals surface area contributed by atoms with E-state index in [0.29, 0.717) is 0 Å².